The van der Waals surface area contributed by atoms with Gasteiger partial charge in [0, 0.05) is 18.3 Å². The smallest absolute Gasteiger partial charge is 0.394 e. The molecule has 0 saturated carbocycles. The quantitative estimate of drug-likeness (QED) is 0.465. The Morgan fingerprint density at radius 3 is 1.05 bits per heavy atom. The Labute approximate surface area is 150 Å². The van der Waals surface area contributed by atoms with Crippen molar-refractivity contribution in [3.63, 3.8) is 0 Å². The molecule has 1 aliphatic rings. The summed E-state index contributed by atoms with van der Waals surface area (Å²) in [5, 5.41) is 24.2. The van der Waals surface area contributed by atoms with Gasteiger partial charge in [0.2, 0.25) is 0 Å². The van der Waals surface area contributed by atoms with Gasteiger partial charge < -0.3 is 37.6 Å². The van der Waals surface area contributed by atoms with Crippen LogP contribution in [-0.2, 0) is 21.7 Å². The molecule has 0 aromatic heterocycles. The molecule has 3 nitrogen and oxygen atoms in total. The van der Waals surface area contributed by atoms with Gasteiger partial charge in [0.05, 0.1) is 0 Å². The van der Waals surface area contributed by atoms with Gasteiger partial charge in [-0.2, -0.15) is 6.08 Å². The third-order valence-electron chi connectivity index (χ3n) is 0.586. The maximum Gasteiger partial charge on any atom is 4.00 e. The predicted octanol–water partition coefficient (Wildman–Crippen LogP) is 3.82. The van der Waals surface area contributed by atoms with Gasteiger partial charge in [-0.3, -0.25) is 6.08 Å². The van der Waals surface area contributed by atoms with Gasteiger partial charge in [0.25, 0.3) is 0 Å². The van der Waals surface area contributed by atoms with Crippen LogP contribution in [0.4, 0.5) is 0 Å². The van der Waals surface area contributed by atoms with Crippen molar-refractivity contribution in [2.24, 2.45) is 0 Å². The molecule has 1 rings (SSSR count). The normalized spacial score (nSPS) is 9.33. The molecule has 1 aliphatic carbocycles. The molecule has 0 aliphatic heterocycles. The van der Waals surface area contributed by atoms with Gasteiger partial charge in [0.15, 0.2) is 0 Å². The zero-order valence-corrected chi connectivity index (χ0v) is 17.1. The number of hydrogen-bond acceptors (Lipinski definition) is 3. The molecule has 21 heavy (non-hydrogen) atoms. The summed E-state index contributed by atoms with van der Waals surface area (Å²) in [4.78, 5) is 0. The van der Waals surface area contributed by atoms with Crippen LogP contribution < -0.4 is 0 Å². The average molecular weight is 338 g/mol. The molecule has 0 atom stereocenters. The summed E-state index contributed by atoms with van der Waals surface area (Å²) in [7, 11) is 0. The summed E-state index contributed by atoms with van der Waals surface area (Å²) in [6.07, 6.45) is 9.50. The fraction of sp³-hybridized carbons (Fsp3) is 0.588. The van der Waals surface area contributed by atoms with Crippen LogP contribution in [0.15, 0.2) is 18.2 Å². The van der Waals surface area contributed by atoms with E-state index in [9.17, 15) is 0 Å². The van der Waals surface area contributed by atoms with Gasteiger partial charge in [-0.05, 0) is 41.5 Å². The Morgan fingerprint density at radius 1 is 0.762 bits per heavy atom. The fourth-order valence-corrected chi connectivity index (χ4v) is 0.340. The summed E-state index contributed by atoms with van der Waals surface area (Å²) in [5.41, 5.74) is 0. The summed E-state index contributed by atoms with van der Waals surface area (Å²) >= 11 is 0. The van der Waals surface area contributed by atoms with Crippen LogP contribution in [0.25, 0.3) is 0 Å². The van der Waals surface area contributed by atoms with Crippen LogP contribution in [-0.4, -0.2) is 33.6 Å². The number of rotatable bonds is 0. The van der Waals surface area contributed by atoms with Gasteiger partial charge in [-0.1, -0.05) is 0 Å². The molecule has 128 valence electrons. The number of aliphatic hydroxyl groups excluding tert-OH is 3. The Bertz CT molecular complexity index is 144. The van der Waals surface area contributed by atoms with E-state index in [1.807, 2.05) is 12.2 Å². The van der Waals surface area contributed by atoms with E-state index in [4.69, 9.17) is 15.3 Å². The SMILES string of the molecule is CC(C)O.CC(C)O.CC(C)O.[C-]1=CC=CC1.[CH3-].[CH3-].[CH3-].[Ti+4]. The number of aliphatic hydroxyl groups is 3. The van der Waals surface area contributed by atoms with E-state index in [2.05, 4.69) is 12.2 Å². The van der Waals surface area contributed by atoms with E-state index < -0.39 is 0 Å². The van der Waals surface area contributed by atoms with Crippen molar-refractivity contribution in [2.45, 2.75) is 66.3 Å². The summed E-state index contributed by atoms with van der Waals surface area (Å²) < 4.78 is 0. The molecule has 0 amide bonds. The molecule has 3 N–H and O–H groups in total. The molecule has 0 aromatic rings. The first kappa shape index (κ1) is 42.9. The van der Waals surface area contributed by atoms with Crippen LogP contribution >= 0.6 is 0 Å². The first-order valence-electron chi connectivity index (χ1n) is 5.96. The average Bonchev–Trinajstić information content (AvgIpc) is 2.53. The summed E-state index contributed by atoms with van der Waals surface area (Å²) in [6, 6.07) is 0. The van der Waals surface area contributed by atoms with E-state index >= 15 is 0 Å². The van der Waals surface area contributed by atoms with Crippen LogP contribution in [0.5, 0.6) is 0 Å². The molecular formula is C17H38O3Ti. The first-order chi connectivity index (χ1) is 7.70. The van der Waals surface area contributed by atoms with Crippen molar-refractivity contribution in [2.75, 3.05) is 0 Å². The zero-order chi connectivity index (χ0) is 14.3. The largest absolute Gasteiger partial charge is 4.00 e. The second-order valence-electron chi connectivity index (χ2n) is 4.28. The van der Waals surface area contributed by atoms with Gasteiger partial charge in [-0.25, -0.2) is 12.2 Å². The van der Waals surface area contributed by atoms with Crippen molar-refractivity contribution in [1.29, 1.82) is 0 Å². The fourth-order valence-electron chi connectivity index (χ4n) is 0.340. The first-order valence-corrected chi connectivity index (χ1v) is 5.96. The van der Waals surface area contributed by atoms with Crippen molar-refractivity contribution >= 4 is 0 Å². The monoisotopic (exact) mass is 338 g/mol. The van der Waals surface area contributed by atoms with Gasteiger partial charge in [0.1, 0.15) is 0 Å². The molecule has 0 spiro atoms. The van der Waals surface area contributed by atoms with Crippen LogP contribution in [0.1, 0.15) is 48.0 Å². The minimum Gasteiger partial charge on any atom is -0.394 e. The Hall–Kier alpha value is 0.0743. The van der Waals surface area contributed by atoms with Crippen LogP contribution in [0.3, 0.4) is 0 Å². The minimum atomic E-state index is -0.167. The van der Waals surface area contributed by atoms with E-state index in [1.165, 1.54) is 0 Å². The number of hydrogen-bond donors (Lipinski definition) is 3. The van der Waals surface area contributed by atoms with Crippen molar-refractivity contribution in [3.05, 3.63) is 46.6 Å². The molecule has 4 heteroatoms. The molecule has 0 unspecified atom stereocenters. The van der Waals surface area contributed by atoms with Gasteiger partial charge in [-0.15, -0.1) is 6.42 Å². The van der Waals surface area contributed by atoms with E-state index in [1.54, 1.807) is 41.5 Å². The Balaban J connectivity index is -0.0000000236. The molecular weight excluding hydrogens is 300 g/mol. The number of allylic oxidation sites excluding steroid dienone is 4. The van der Waals surface area contributed by atoms with Crippen LogP contribution in [0.2, 0.25) is 0 Å². The van der Waals surface area contributed by atoms with Crippen molar-refractivity contribution in [3.8, 4) is 0 Å². The maximum atomic E-state index is 8.06. The predicted molar refractivity (Wildman–Crippen MR) is 92.9 cm³/mol. The molecule has 0 saturated heterocycles. The van der Waals surface area contributed by atoms with E-state index in [-0.39, 0.29) is 62.3 Å². The molecule has 0 fully saturated rings. The van der Waals surface area contributed by atoms with Crippen LogP contribution in [0, 0.1) is 28.4 Å². The molecule has 0 heterocycles. The van der Waals surface area contributed by atoms with Crippen molar-refractivity contribution in [1.82, 2.24) is 0 Å². The second kappa shape index (κ2) is 36.9. The maximum absolute atomic E-state index is 8.06. The molecule has 0 radical (unpaired) electrons. The summed E-state index contributed by atoms with van der Waals surface area (Å²) in [5.74, 6) is 0. The standard InChI is InChI=1S/C5H5.3C3H8O.3CH3.Ti/c1-2-4-5-3-1;3*1-3(2)4;;;;/h1-3H,4H2;3*3-4H,1-2H3;3*1H3;/q-1;;;;3*-1;+4. The zero-order valence-electron chi connectivity index (χ0n) is 15.5. The van der Waals surface area contributed by atoms with E-state index in [0.717, 1.165) is 6.42 Å². The topological polar surface area (TPSA) is 60.7 Å². The van der Waals surface area contributed by atoms with E-state index in [0.29, 0.717) is 0 Å². The summed E-state index contributed by atoms with van der Waals surface area (Å²) in [6.45, 7) is 10.3. The molecule has 0 bridgehead atoms. The second-order valence-corrected chi connectivity index (χ2v) is 4.28. The Morgan fingerprint density at radius 2 is 1.00 bits per heavy atom. The Kier molecular flexibility index (Phi) is 75.3. The van der Waals surface area contributed by atoms with Gasteiger partial charge >= 0.3 is 21.7 Å². The minimum absolute atomic E-state index is 0. The molecule has 0 aromatic carbocycles. The van der Waals surface area contributed by atoms with Crippen molar-refractivity contribution < 1.29 is 37.0 Å². The third kappa shape index (κ3) is 255. The third-order valence-corrected chi connectivity index (χ3v) is 0.586.